The third kappa shape index (κ3) is 5.00. The third-order valence-electron chi connectivity index (χ3n) is 3.17. The van der Waals surface area contributed by atoms with Gasteiger partial charge in [0, 0.05) is 32.7 Å². The Balaban J connectivity index is 2.15. The first-order chi connectivity index (χ1) is 8.31. The molecular formula is C12H23N3O2. The lowest BCUT2D eigenvalue weighted by atomic mass is 10.2. The second kappa shape index (κ2) is 8.43. The second-order valence-electron chi connectivity index (χ2n) is 4.27. The molecule has 1 fully saturated rings. The van der Waals surface area contributed by atoms with Crippen LogP contribution in [0.3, 0.4) is 0 Å². The van der Waals surface area contributed by atoms with Gasteiger partial charge in [-0.05, 0) is 6.42 Å². The molecule has 0 spiro atoms. The van der Waals surface area contributed by atoms with E-state index >= 15 is 0 Å². The van der Waals surface area contributed by atoms with Crippen LogP contribution in [0.5, 0.6) is 0 Å². The lowest BCUT2D eigenvalue weighted by molar-refractivity contribution is 0.0532. The van der Waals surface area contributed by atoms with E-state index in [1.54, 1.807) is 0 Å². The van der Waals surface area contributed by atoms with Crippen molar-refractivity contribution < 1.29 is 9.84 Å². The Labute approximate surface area is 104 Å². The molecule has 0 amide bonds. The van der Waals surface area contributed by atoms with E-state index in [1.165, 1.54) is 0 Å². The quantitative estimate of drug-likeness (QED) is 0.632. The molecule has 0 radical (unpaired) electrons. The first-order valence-electron chi connectivity index (χ1n) is 6.36. The van der Waals surface area contributed by atoms with Gasteiger partial charge in [-0.3, -0.25) is 9.80 Å². The lowest BCUT2D eigenvalue weighted by Crippen LogP contribution is -2.50. The fourth-order valence-corrected chi connectivity index (χ4v) is 2.09. The van der Waals surface area contributed by atoms with Crippen LogP contribution in [-0.2, 0) is 4.74 Å². The molecule has 1 atom stereocenters. The minimum absolute atomic E-state index is 0.0720. The van der Waals surface area contributed by atoms with Gasteiger partial charge in [-0.2, -0.15) is 5.26 Å². The number of nitrogens with zero attached hydrogens (tertiary/aromatic N) is 3. The van der Waals surface area contributed by atoms with Gasteiger partial charge in [0.15, 0.2) is 0 Å². The number of aliphatic hydroxyl groups excluding tert-OH is 1. The molecule has 5 nitrogen and oxygen atoms in total. The van der Waals surface area contributed by atoms with Crippen molar-refractivity contribution >= 4 is 0 Å². The van der Waals surface area contributed by atoms with E-state index < -0.39 is 0 Å². The van der Waals surface area contributed by atoms with Crippen molar-refractivity contribution in [3.8, 4) is 6.07 Å². The topological polar surface area (TPSA) is 59.7 Å². The van der Waals surface area contributed by atoms with E-state index in [2.05, 4.69) is 22.8 Å². The summed E-state index contributed by atoms with van der Waals surface area (Å²) in [5.74, 6) is 0. The maximum atomic E-state index is 9.00. The van der Waals surface area contributed by atoms with Crippen molar-refractivity contribution in [3.05, 3.63) is 0 Å². The van der Waals surface area contributed by atoms with Gasteiger partial charge < -0.3 is 9.84 Å². The van der Waals surface area contributed by atoms with Crippen LogP contribution < -0.4 is 0 Å². The second-order valence-corrected chi connectivity index (χ2v) is 4.27. The molecule has 0 saturated carbocycles. The number of hydrogen-bond acceptors (Lipinski definition) is 5. The van der Waals surface area contributed by atoms with Gasteiger partial charge in [-0.15, -0.1) is 0 Å². The molecule has 1 rings (SSSR count). The smallest absolute Gasteiger partial charge is 0.0976 e. The summed E-state index contributed by atoms with van der Waals surface area (Å²) in [7, 11) is 0. The average Bonchev–Trinajstić information content (AvgIpc) is 2.38. The summed E-state index contributed by atoms with van der Waals surface area (Å²) in [5, 5.41) is 17.6. The van der Waals surface area contributed by atoms with Crippen molar-refractivity contribution in [1.82, 2.24) is 9.80 Å². The molecule has 1 N–H and O–H groups in total. The van der Waals surface area contributed by atoms with Gasteiger partial charge >= 0.3 is 0 Å². The molecule has 1 heterocycles. The Morgan fingerprint density at radius 2 is 2.00 bits per heavy atom. The Bertz CT molecular complexity index is 234. The molecule has 0 aromatic carbocycles. The summed E-state index contributed by atoms with van der Waals surface area (Å²) in [4.78, 5) is 4.60. The van der Waals surface area contributed by atoms with Crippen LogP contribution in [0.15, 0.2) is 0 Å². The van der Waals surface area contributed by atoms with Crippen LogP contribution in [0.1, 0.15) is 13.3 Å². The van der Waals surface area contributed by atoms with Crippen LogP contribution in [0, 0.1) is 11.3 Å². The number of rotatable bonds is 7. The molecule has 98 valence electrons. The van der Waals surface area contributed by atoms with E-state index in [4.69, 9.17) is 15.1 Å². The highest BCUT2D eigenvalue weighted by atomic mass is 16.5. The van der Waals surface area contributed by atoms with E-state index in [0.29, 0.717) is 13.2 Å². The summed E-state index contributed by atoms with van der Waals surface area (Å²) in [5.41, 5.74) is 0. The molecule has 0 aliphatic carbocycles. The summed E-state index contributed by atoms with van der Waals surface area (Å²) in [6, 6.07) is 2.42. The minimum Gasteiger partial charge on any atom is -0.394 e. The van der Waals surface area contributed by atoms with Crippen molar-refractivity contribution in [3.63, 3.8) is 0 Å². The van der Waals surface area contributed by atoms with Crippen LogP contribution in [0.2, 0.25) is 0 Å². The number of hydrogen-bond donors (Lipinski definition) is 1. The summed E-state index contributed by atoms with van der Waals surface area (Å²) in [6.45, 7) is 8.09. The Morgan fingerprint density at radius 3 is 2.53 bits per heavy atom. The molecule has 0 aromatic heterocycles. The zero-order valence-corrected chi connectivity index (χ0v) is 10.6. The largest absolute Gasteiger partial charge is 0.394 e. The number of aliphatic hydroxyl groups is 1. The van der Waals surface area contributed by atoms with E-state index in [-0.39, 0.29) is 12.6 Å². The minimum atomic E-state index is 0.0720. The summed E-state index contributed by atoms with van der Waals surface area (Å²) in [6.07, 6.45) is 0.899. The lowest BCUT2D eigenvalue weighted by Gasteiger charge is -2.36. The number of ether oxygens (including phenoxy) is 1. The number of piperazine rings is 1. The van der Waals surface area contributed by atoms with Gasteiger partial charge in [0.25, 0.3) is 0 Å². The normalized spacial score (nSPS) is 20.1. The van der Waals surface area contributed by atoms with Gasteiger partial charge in [-0.1, -0.05) is 6.92 Å². The zero-order chi connectivity index (χ0) is 12.5. The van der Waals surface area contributed by atoms with Crippen LogP contribution in [-0.4, -0.2) is 73.5 Å². The van der Waals surface area contributed by atoms with E-state index in [9.17, 15) is 0 Å². The average molecular weight is 241 g/mol. The Hall–Kier alpha value is -0.670. The fourth-order valence-electron chi connectivity index (χ4n) is 2.09. The van der Waals surface area contributed by atoms with Gasteiger partial charge in [-0.25, -0.2) is 0 Å². The molecule has 1 unspecified atom stereocenters. The van der Waals surface area contributed by atoms with Gasteiger partial charge in [0.05, 0.1) is 31.9 Å². The standard InChI is InChI=1S/C12H23N3O2/c1-2-12(11-13)15-5-3-14(4-6-15)7-9-17-10-8-16/h12,16H,2-10H2,1H3. The van der Waals surface area contributed by atoms with Crippen molar-refractivity contribution in [2.45, 2.75) is 19.4 Å². The molecular weight excluding hydrogens is 218 g/mol. The molecule has 5 heteroatoms. The fraction of sp³-hybridized carbons (Fsp3) is 0.917. The Morgan fingerprint density at radius 1 is 1.29 bits per heavy atom. The maximum absolute atomic E-state index is 9.00. The van der Waals surface area contributed by atoms with Crippen molar-refractivity contribution in [2.24, 2.45) is 0 Å². The molecule has 0 bridgehead atoms. The predicted molar refractivity (Wildman–Crippen MR) is 65.6 cm³/mol. The SMILES string of the molecule is CCC(C#N)N1CCN(CCOCCO)CC1. The Kier molecular flexibility index (Phi) is 7.13. The first-order valence-corrected chi connectivity index (χ1v) is 6.36. The highest BCUT2D eigenvalue weighted by Gasteiger charge is 2.21. The molecule has 17 heavy (non-hydrogen) atoms. The zero-order valence-electron chi connectivity index (χ0n) is 10.6. The first kappa shape index (κ1) is 14.4. The highest BCUT2D eigenvalue weighted by molar-refractivity contribution is 4.92. The van der Waals surface area contributed by atoms with Crippen LogP contribution in [0.4, 0.5) is 0 Å². The molecule has 1 aliphatic heterocycles. The highest BCUT2D eigenvalue weighted by Crippen LogP contribution is 2.08. The molecule has 1 aliphatic rings. The van der Waals surface area contributed by atoms with Gasteiger partial charge in [0.2, 0.25) is 0 Å². The molecule has 1 saturated heterocycles. The third-order valence-corrected chi connectivity index (χ3v) is 3.17. The monoisotopic (exact) mass is 241 g/mol. The van der Waals surface area contributed by atoms with E-state index in [0.717, 1.165) is 39.1 Å². The summed E-state index contributed by atoms with van der Waals surface area (Å²) >= 11 is 0. The van der Waals surface area contributed by atoms with Crippen molar-refractivity contribution in [1.29, 1.82) is 5.26 Å². The van der Waals surface area contributed by atoms with Crippen LogP contribution in [0.25, 0.3) is 0 Å². The van der Waals surface area contributed by atoms with Crippen LogP contribution >= 0.6 is 0 Å². The van der Waals surface area contributed by atoms with Gasteiger partial charge in [0.1, 0.15) is 0 Å². The predicted octanol–water partition coefficient (Wildman–Crippen LogP) is -0.0849. The summed E-state index contributed by atoms with van der Waals surface area (Å²) < 4.78 is 5.24. The van der Waals surface area contributed by atoms with Crippen molar-refractivity contribution in [2.75, 3.05) is 52.5 Å². The van der Waals surface area contributed by atoms with E-state index in [1.807, 2.05) is 0 Å². The number of nitriles is 1. The molecule has 0 aromatic rings. The maximum Gasteiger partial charge on any atom is 0.0976 e.